The van der Waals surface area contributed by atoms with Crippen LogP contribution >= 0.6 is 0 Å². The highest BCUT2D eigenvalue weighted by atomic mass is 16.7. The minimum atomic E-state index is -0.441. The first kappa shape index (κ1) is 29.5. The fourth-order valence-electron chi connectivity index (χ4n) is 4.72. The Morgan fingerprint density at radius 2 is 1.31 bits per heavy atom. The van der Waals surface area contributed by atoms with E-state index in [2.05, 4.69) is 29.6 Å². The van der Waals surface area contributed by atoms with Crippen LogP contribution < -0.4 is 5.32 Å². The van der Waals surface area contributed by atoms with Gasteiger partial charge in [0.15, 0.2) is 6.29 Å². The quantitative estimate of drug-likeness (QED) is 0.281. The Kier molecular flexibility index (Phi) is 13.0. The van der Waals surface area contributed by atoms with Crippen LogP contribution in [0.15, 0.2) is 48.5 Å². The molecule has 9 nitrogen and oxygen atoms in total. The summed E-state index contributed by atoms with van der Waals surface area (Å²) in [4.78, 5) is 12.2. The fraction of sp³-hybridized carbons (Fsp3) is 0.567. The molecule has 9 heteroatoms. The molecule has 0 radical (unpaired) electrons. The summed E-state index contributed by atoms with van der Waals surface area (Å²) >= 11 is 0. The molecule has 4 rings (SSSR count). The molecular formula is C30H41NO8. The molecule has 39 heavy (non-hydrogen) atoms. The zero-order valence-corrected chi connectivity index (χ0v) is 22.6. The highest BCUT2D eigenvalue weighted by Gasteiger charge is 2.28. The van der Waals surface area contributed by atoms with Crippen molar-refractivity contribution < 1.29 is 38.0 Å². The summed E-state index contributed by atoms with van der Waals surface area (Å²) in [5.74, 6) is 0.0501. The highest BCUT2D eigenvalue weighted by molar-refractivity contribution is 5.79. The molecule has 0 bridgehead atoms. The summed E-state index contributed by atoms with van der Waals surface area (Å²) in [6, 6.07) is 16.6. The lowest BCUT2D eigenvalue weighted by atomic mass is 9.98. The van der Waals surface area contributed by atoms with Gasteiger partial charge >= 0.3 is 6.09 Å². The lowest BCUT2D eigenvalue weighted by molar-refractivity contribution is -0.169. The first-order chi connectivity index (χ1) is 19.3. The third-order valence-electron chi connectivity index (χ3n) is 6.64. The number of alkyl carbamates (subject to hydrolysis) is 1. The average molecular weight is 544 g/mol. The van der Waals surface area contributed by atoms with Gasteiger partial charge in [0, 0.05) is 19.1 Å². The Morgan fingerprint density at radius 3 is 1.90 bits per heavy atom. The van der Waals surface area contributed by atoms with Crippen molar-refractivity contribution in [2.45, 2.75) is 31.5 Å². The van der Waals surface area contributed by atoms with Gasteiger partial charge in [-0.1, -0.05) is 48.5 Å². The van der Waals surface area contributed by atoms with E-state index in [0.29, 0.717) is 72.6 Å². The van der Waals surface area contributed by atoms with Crippen LogP contribution in [-0.2, 0) is 33.2 Å². The van der Waals surface area contributed by atoms with Gasteiger partial charge in [0.05, 0.1) is 59.5 Å². The molecule has 0 spiro atoms. The van der Waals surface area contributed by atoms with Crippen molar-refractivity contribution in [3.63, 3.8) is 0 Å². The van der Waals surface area contributed by atoms with Crippen LogP contribution in [0.5, 0.6) is 0 Å². The molecule has 0 saturated carbocycles. The minimum absolute atomic E-state index is 0.0501. The zero-order valence-electron chi connectivity index (χ0n) is 22.6. The largest absolute Gasteiger partial charge is 0.449 e. The van der Waals surface area contributed by atoms with E-state index in [1.165, 1.54) is 22.3 Å². The lowest BCUT2D eigenvalue weighted by Crippen LogP contribution is -2.29. The van der Waals surface area contributed by atoms with E-state index in [1.807, 2.05) is 24.3 Å². The summed E-state index contributed by atoms with van der Waals surface area (Å²) in [6.07, 6.45) is 2.73. The van der Waals surface area contributed by atoms with Crippen molar-refractivity contribution in [2.75, 3.05) is 79.2 Å². The van der Waals surface area contributed by atoms with Crippen molar-refractivity contribution >= 4 is 6.09 Å². The molecule has 1 fully saturated rings. The van der Waals surface area contributed by atoms with Gasteiger partial charge in [0.1, 0.15) is 6.61 Å². The number of carbonyl (C=O) groups is 1. The smallest absolute Gasteiger partial charge is 0.407 e. The number of hydrogen-bond acceptors (Lipinski definition) is 8. The molecule has 1 saturated heterocycles. The molecule has 1 aliphatic carbocycles. The number of hydrogen-bond donors (Lipinski definition) is 1. The molecule has 214 valence electrons. The van der Waals surface area contributed by atoms with Crippen LogP contribution in [0.3, 0.4) is 0 Å². The van der Waals surface area contributed by atoms with Crippen LogP contribution in [0, 0.1) is 0 Å². The Hall–Kier alpha value is -2.53. The Morgan fingerprint density at radius 1 is 0.744 bits per heavy atom. The Labute approximate surface area is 231 Å². The molecular weight excluding hydrogens is 502 g/mol. The van der Waals surface area contributed by atoms with Crippen LogP contribution in [0.2, 0.25) is 0 Å². The second-order valence-electron chi connectivity index (χ2n) is 9.37. The third kappa shape index (κ3) is 9.86. The number of ether oxygens (including phenoxy) is 7. The minimum Gasteiger partial charge on any atom is -0.449 e. The summed E-state index contributed by atoms with van der Waals surface area (Å²) in [6.45, 7) is 5.85. The van der Waals surface area contributed by atoms with Crippen LogP contribution in [0.25, 0.3) is 11.1 Å². The predicted octanol–water partition coefficient (Wildman–Crippen LogP) is 4.13. The summed E-state index contributed by atoms with van der Waals surface area (Å²) in [5.41, 5.74) is 4.81. The van der Waals surface area contributed by atoms with Gasteiger partial charge in [-0.2, -0.15) is 0 Å². The second kappa shape index (κ2) is 17.2. The molecule has 0 aromatic heterocycles. The van der Waals surface area contributed by atoms with Gasteiger partial charge in [0.25, 0.3) is 0 Å². The Bertz CT molecular complexity index is 935. The summed E-state index contributed by atoms with van der Waals surface area (Å²) < 4.78 is 38.6. The second-order valence-corrected chi connectivity index (χ2v) is 9.37. The maximum Gasteiger partial charge on any atom is 0.407 e. The van der Waals surface area contributed by atoms with Crippen LogP contribution in [0.4, 0.5) is 4.79 Å². The molecule has 1 amide bonds. The van der Waals surface area contributed by atoms with Gasteiger partial charge in [0.2, 0.25) is 0 Å². The van der Waals surface area contributed by atoms with Gasteiger partial charge < -0.3 is 38.5 Å². The number of rotatable bonds is 18. The number of fused-ring (bicyclic) bond motifs is 3. The molecule has 2 aromatic rings. The normalized spacial score (nSPS) is 16.6. The van der Waals surface area contributed by atoms with Crippen LogP contribution in [0.1, 0.15) is 36.3 Å². The van der Waals surface area contributed by atoms with E-state index in [1.54, 1.807) is 0 Å². The standard InChI is InChI=1S/C30H41NO8/c32-30(39-23-28-26-9-3-1-7-24(26)25-8-2-4-10-27(25)28)31-12-14-33-15-16-34-17-18-35-19-20-36-21-22-38-29-11-5-6-13-37-29/h1-4,7-10,28-29H,5-6,11-23H2,(H,31,32). The van der Waals surface area contributed by atoms with Gasteiger partial charge in [-0.3, -0.25) is 0 Å². The first-order valence-electron chi connectivity index (χ1n) is 14.0. The lowest BCUT2D eigenvalue weighted by Gasteiger charge is -2.22. The molecule has 2 aliphatic rings. The molecule has 1 heterocycles. The van der Waals surface area contributed by atoms with E-state index < -0.39 is 6.09 Å². The molecule has 1 atom stereocenters. The van der Waals surface area contributed by atoms with E-state index in [-0.39, 0.29) is 12.2 Å². The van der Waals surface area contributed by atoms with Crippen molar-refractivity contribution in [2.24, 2.45) is 0 Å². The van der Waals surface area contributed by atoms with Gasteiger partial charge in [-0.05, 0) is 41.5 Å². The topological polar surface area (TPSA) is 93.7 Å². The van der Waals surface area contributed by atoms with Crippen LogP contribution in [-0.4, -0.2) is 91.6 Å². The number of amides is 1. The summed E-state index contributed by atoms with van der Waals surface area (Å²) in [5, 5.41) is 2.74. The number of nitrogens with one attached hydrogen (secondary N) is 1. The zero-order chi connectivity index (χ0) is 27.0. The van der Waals surface area contributed by atoms with E-state index in [4.69, 9.17) is 33.2 Å². The SMILES string of the molecule is O=C(NCCOCCOCCOCCOCCOC1CCCCO1)OCC1c2ccccc2-c2ccccc21. The molecule has 2 aromatic carbocycles. The van der Waals surface area contributed by atoms with Gasteiger partial charge in [-0.15, -0.1) is 0 Å². The Balaban J connectivity index is 0.923. The maximum atomic E-state index is 12.2. The monoisotopic (exact) mass is 543 g/mol. The van der Waals surface area contributed by atoms with E-state index in [0.717, 1.165) is 25.9 Å². The third-order valence-corrected chi connectivity index (χ3v) is 6.64. The molecule has 1 aliphatic heterocycles. The molecule has 1 unspecified atom stereocenters. The fourth-order valence-corrected chi connectivity index (χ4v) is 4.72. The van der Waals surface area contributed by atoms with Gasteiger partial charge in [-0.25, -0.2) is 4.79 Å². The maximum absolute atomic E-state index is 12.2. The average Bonchev–Trinajstić information content (AvgIpc) is 3.30. The predicted molar refractivity (Wildman–Crippen MR) is 146 cm³/mol. The first-order valence-corrected chi connectivity index (χ1v) is 14.0. The van der Waals surface area contributed by atoms with Crippen molar-refractivity contribution in [1.29, 1.82) is 0 Å². The summed E-state index contributed by atoms with van der Waals surface area (Å²) in [7, 11) is 0. The van der Waals surface area contributed by atoms with Crippen molar-refractivity contribution in [3.05, 3.63) is 59.7 Å². The van der Waals surface area contributed by atoms with E-state index >= 15 is 0 Å². The number of carbonyl (C=O) groups excluding carboxylic acids is 1. The van der Waals surface area contributed by atoms with Crippen molar-refractivity contribution in [3.8, 4) is 11.1 Å². The van der Waals surface area contributed by atoms with E-state index in [9.17, 15) is 4.79 Å². The van der Waals surface area contributed by atoms with Crippen molar-refractivity contribution in [1.82, 2.24) is 5.32 Å². The molecule has 1 N–H and O–H groups in total. The highest BCUT2D eigenvalue weighted by Crippen LogP contribution is 2.44. The number of benzene rings is 2.